The van der Waals surface area contributed by atoms with Crippen LogP contribution in [-0.4, -0.2) is 17.4 Å². The van der Waals surface area contributed by atoms with Gasteiger partial charge in [0.25, 0.3) is 5.91 Å². The molecule has 0 aliphatic heterocycles. The van der Waals surface area contributed by atoms with Crippen molar-refractivity contribution in [3.63, 3.8) is 0 Å². The van der Waals surface area contributed by atoms with Crippen LogP contribution in [0.4, 0.5) is 5.69 Å². The van der Waals surface area contributed by atoms with E-state index in [9.17, 15) is 4.79 Å². The number of nitrogens with two attached hydrogens (primary N) is 1. The molecule has 1 aromatic heterocycles. The van der Waals surface area contributed by atoms with E-state index in [1.54, 1.807) is 30.6 Å². The lowest BCUT2D eigenvalue weighted by Crippen LogP contribution is -2.27. The van der Waals surface area contributed by atoms with Crippen LogP contribution >= 0.6 is 0 Å². The Labute approximate surface area is 111 Å². The minimum Gasteiger partial charge on any atom is -0.352 e. The number of aromatic nitrogens is 1. The van der Waals surface area contributed by atoms with Crippen LogP contribution in [0.2, 0.25) is 0 Å². The summed E-state index contributed by atoms with van der Waals surface area (Å²) in [6.45, 7) is 0.559. The summed E-state index contributed by atoms with van der Waals surface area (Å²) in [7, 11) is 0. The number of rotatable bonds is 5. The molecule has 0 aliphatic carbocycles. The molecular weight excluding hydrogens is 240 g/mol. The molecule has 0 bridgehead atoms. The Morgan fingerprint density at radius 1 is 1.21 bits per heavy atom. The minimum absolute atomic E-state index is 0.141. The van der Waals surface area contributed by atoms with Gasteiger partial charge in [-0.3, -0.25) is 15.6 Å². The number of hydrogen-bond donors (Lipinski definition) is 3. The van der Waals surface area contributed by atoms with Crippen LogP contribution in [0.1, 0.15) is 15.9 Å². The zero-order chi connectivity index (χ0) is 13.5. The highest BCUT2D eigenvalue weighted by atomic mass is 16.1. The molecular formula is C14H16N4O. The summed E-state index contributed by atoms with van der Waals surface area (Å²) in [5.41, 5.74) is 4.76. The third kappa shape index (κ3) is 3.53. The highest BCUT2D eigenvalue weighted by molar-refractivity contribution is 5.99. The lowest BCUT2D eigenvalue weighted by atomic mass is 10.1. The molecule has 1 aromatic carbocycles. The number of para-hydroxylation sites is 1. The Morgan fingerprint density at radius 3 is 2.79 bits per heavy atom. The van der Waals surface area contributed by atoms with Crippen LogP contribution < -0.4 is 16.6 Å². The molecule has 0 saturated carbocycles. The van der Waals surface area contributed by atoms with E-state index >= 15 is 0 Å². The largest absolute Gasteiger partial charge is 0.352 e. The standard InChI is InChI=1S/C14H16N4O/c15-18-13-6-2-1-5-12(13)14(19)17-9-7-11-4-3-8-16-10-11/h1-6,8,10,18H,7,9,15H2,(H,17,19). The van der Waals surface area contributed by atoms with E-state index in [1.165, 1.54) is 0 Å². The summed E-state index contributed by atoms with van der Waals surface area (Å²) < 4.78 is 0. The van der Waals surface area contributed by atoms with Gasteiger partial charge >= 0.3 is 0 Å². The number of hydrazine groups is 1. The second kappa shape index (κ2) is 6.51. The molecule has 5 heteroatoms. The van der Waals surface area contributed by atoms with Crippen molar-refractivity contribution >= 4 is 11.6 Å². The van der Waals surface area contributed by atoms with Gasteiger partial charge in [-0.15, -0.1) is 0 Å². The molecule has 0 unspecified atom stereocenters. The van der Waals surface area contributed by atoms with Crippen molar-refractivity contribution in [2.75, 3.05) is 12.0 Å². The number of nitrogens with one attached hydrogen (secondary N) is 2. The first kappa shape index (κ1) is 13.0. The summed E-state index contributed by atoms with van der Waals surface area (Å²) >= 11 is 0. The topological polar surface area (TPSA) is 80.0 Å². The van der Waals surface area contributed by atoms with E-state index in [4.69, 9.17) is 5.84 Å². The van der Waals surface area contributed by atoms with Crippen molar-refractivity contribution in [2.24, 2.45) is 5.84 Å². The number of hydrogen-bond acceptors (Lipinski definition) is 4. The molecule has 0 radical (unpaired) electrons. The predicted octanol–water partition coefficient (Wildman–Crippen LogP) is 1.34. The van der Waals surface area contributed by atoms with Crippen molar-refractivity contribution in [3.8, 4) is 0 Å². The second-order valence-corrected chi connectivity index (χ2v) is 4.06. The van der Waals surface area contributed by atoms with E-state index < -0.39 is 0 Å². The molecule has 19 heavy (non-hydrogen) atoms. The first-order chi connectivity index (χ1) is 9.31. The SMILES string of the molecule is NNc1ccccc1C(=O)NCCc1cccnc1. The van der Waals surface area contributed by atoms with Crippen LogP contribution in [0.5, 0.6) is 0 Å². The number of pyridine rings is 1. The summed E-state index contributed by atoms with van der Waals surface area (Å²) in [4.78, 5) is 16.0. The number of nitrogens with zero attached hydrogens (tertiary/aromatic N) is 1. The highest BCUT2D eigenvalue weighted by Crippen LogP contribution is 2.12. The maximum atomic E-state index is 12.0. The molecule has 0 atom stereocenters. The predicted molar refractivity (Wildman–Crippen MR) is 74.5 cm³/mol. The first-order valence-corrected chi connectivity index (χ1v) is 6.04. The molecule has 4 N–H and O–H groups in total. The van der Waals surface area contributed by atoms with E-state index in [0.717, 1.165) is 12.0 Å². The number of benzene rings is 1. The molecule has 0 saturated heterocycles. The quantitative estimate of drug-likeness (QED) is 0.557. The minimum atomic E-state index is -0.141. The summed E-state index contributed by atoms with van der Waals surface area (Å²) in [6.07, 6.45) is 4.27. The monoisotopic (exact) mass is 256 g/mol. The van der Waals surface area contributed by atoms with Gasteiger partial charge in [0.2, 0.25) is 0 Å². The van der Waals surface area contributed by atoms with Crippen LogP contribution in [0.15, 0.2) is 48.8 Å². The fourth-order valence-electron chi connectivity index (χ4n) is 1.77. The molecule has 98 valence electrons. The maximum absolute atomic E-state index is 12.0. The van der Waals surface area contributed by atoms with Gasteiger partial charge in [-0.25, -0.2) is 0 Å². The fraction of sp³-hybridized carbons (Fsp3) is 0.143. The van der Waals surface area contributed by atoms with Crippen molar-refractivity contribution in [3.05, 3.63) is 59.9 Å². The normalized spacial score (nSPS) is 9.95. The lowest BCUT2D eigenvalue weighted by Gasteiger charge is -2.09. The molecule has 0 spiro atoms. The fourth-order valence-corrected chi connectivity index (χ4v) is 1.77. The van der Waals surface area contributed by atoms with E-state index in [-0.39, 0.29) is 5.91 Å². The van der Waals surface area contributed by atoms with Gasteiger partial charge in [0, 0.05) is 18.9 Å². The average Bonchev–Trinajstić information content (AvgIpc) is 2.48. The average molecular weight is 256 g/mol. The van der Waals surface area contributed by atoms with E-state index in [0.29, 0.717) is 17.8 Å². The van der Waals surface area contributed by atoms with Crippen molar-refractivity contribution in [1.82, 2.24) is 10.3 Å². The molecule has 0 fully saturated rings. The van der Waals surface area contributed by atoms with Crippen LogP contribution in [0, 0.1) is 0 Å². The van der Waals surface area contributed by atoms with Gasteiger partial charge in [0.15, 0.2) is 0 Å². The number of nitrogen functional groups attached to an aromatic ring is 1. The molecule has 1 heterocycles. The zero-order valence-electron chi connectivity index (χ0n) is 10.5. The third-order valence-electron chi connectivity index (χ3n) is 2.75. The van der Waals surface area contributed by atoms with E-state index in [1.807, 2.05) is 18.2 Å². The van der Waals surface area contributed by atoms with Gasteiger partial charge < -0.3 is 10.7 Å². The van der Waals surface area contributed by atoms with Gasteiger partial charge in [-0.1, -0.05) is 18.2 Å². The molecule has 0 aliphatic rings. The van der Waals surface area contributed by atoms with Gasteiger partial charge in [-0.05, 0) is 30.2 Å². The molecule has 1 amide bonds. The third-order valence-corrected chi connectivity index (χ3v) is 2.75. The van der Waals surface area contributed by atoms with Crippen LogP contribution in [0.25, 0.3) is 0 Å². The number of amides is 1. The van der Waals surface area contributed by atoms with Crippen molar-refractivity contribution < 1.29 is 4.79 Å². The molecule has 5 nitrogen and oxygen atoms in total. The summed E-state index contributed by atoms with van der Waals surface area (Å²) in [5.74, 6) is 5.23. The Kier molecular flexibility index (Phi) is 4.47. The van der Waals surface area contributed by atoms with Crippen LogP contribution in [-0.2, 0) is 6.42 Å². The Morgan fingerprint density at radius 2 is 2.05 bits per heavy atom. The highest BCUT2D eigenvalue weighted by Gasteiger charge is 2.09. The Bertz CT molecular complexity index is 542. The zero-order valence-corrected chi connectivity index (χ0v) is 10.5. The van der Waals surface area contributed by atoms with Gasteiger partial charge in [0.05, 0.1) is 11.3 Å². The van der Waals surface area contributed by atoms with Crippen molar-refractivity contribution in [2.45, 2.75) is 6.42 Å². The first-order valence-electron chi connectivity index (χ1n) is 6.04. The van der Waals surface area contributed by atoms with Crippen molar-refractivity contribution in [1.29, 1.82) is 0 Å². The summed E-state index contributed by atoms with van der Waals surface area (Å²) in [5, 5.41) is 2.86. The second-order valence-electron chi connectivity index (χ2n) is 4.06. The van der Waals surface area contributed by atoms with Gasteiger partial charge in [-0.2, -0.15) is 0 Å². The Balaban J connectivity index is 1.91. The Hall–Kier alpha value is -2.40. The van der Waals surface area contributed by atoms with Crippen LogP contribution in [0.3, 0.4) is 0 Å². The molecule has 2 rings (SSSR count). The summed E-state index contributed by atoms with van der Waals surface area (Å²) in [6, 6.07) is 11.0. The molecule has 2 aromatic rings. The van der Waals surface area contributed by atoms with Gasteiger partial charge in [0.1, 0.15) is 0 Å². The smallest absolute Gasteiger partial charge is 0.253 e. The number of carbonyl (C=O) groups excluding carboxylic acids is 1. The number of carbonyl (C=O) groups is 1. The number of anilines is 1. The maximum Gasteiger partial charge on any atom is 0.253 e. The lowest BCUT2D eigenvalue weighted by molar-refractivity contribution is 0.0955. The van der Waals surface area contributed by atoms with E-state index in [2.05, 4.69) is 15.7 Å².